The van der Waals surface area contributed by atoms with Gasteiger partial charge >= 0.3 is 0 Å². The van der Waals surface area contributed by atoms with Crippen molar-refractivity contribution >= 4 is 0 Å². The van der Waals surface area contributed by atoms with Crippen molar-refractivity contribution in [3.63, 3.8) is 0 Å². The third-order valence-corrected chi connectivity index (χ3v) is 2.57. The van der Waals surface area contributed by atoms with Gasteiger partial charge in [0.15, 0.2) is 0 Å². The van der Waals surface area contributed by atoms with Crippen molar-refractivity contribution in [2.24, 2.45) is 11.1 Å². The Bertz CT molecular complexity index is 517. The van der Waals surface area contributed by atoms with Gasteiger partial charge in [-0.3, -0.25) is 4.98 Å². The highest BCUT2D eigenvalue weighted by Crippen LogP contribution is 2.21. The highest BCUT2D eigenvalue weighted by Gasteiger charge is 2.19. The van der Waals surface area contributed by atoms with Crippen LogP contribution in [0.5, 0.6) is 0 Å². The minimum absolute atomic E-state index is 0.00941. The Balaban J connectivity index is 2.02. The fraction of sp³-hybridized carbons (Fsp3) is 0.538. The molecule has 1 unspecified atom stereocenters. The van der Waals surface area contributed by atoms with Crippen LogP contribution in [-0.2, 0) is 6.42 Å². The van der Waals surface area contributed by atoms with Crippen molar-refractivity contribution in [2.75, 3.05) is 0 Å². The molecule has 2 aromatic heterocycles. The fourth-order valence-corrected chi connectivity index (χ4v) is 1.94. The molecule has 0 amide bonds. The second kappa shape index (κ2) is 5.44. The maximum atomic E-state index is 6.08. The second-order valence-electron chi connectivity index (χ2n) is 5.83. The Morgan fingerprint density at radius 2 is 2.11 bits per heavy atom. The summed E-state index contributed by atoms with van der Waals surface area (Å²) in [5.74, 6) is 0.989. The highest BCUT2D eigenvalue weighted by atomic mass is 16.5. The summed E-state index contributed by atoms with van der Waals surface area (Å²) in [7, 11) is 0. The summed E-state index contributed by atoms with van der Waals surface area (Å²) in [6, 6.07) is 0.00941. The predicted molar refractivity (Wildman–Crippen MR) is 71.1 cm³/mol. The normalized spacial score (nSPS) is 13.5. The number of rotatable bonds is 4. The minimum Gasteiger partial charge on any atom is -0.339 e. The van der Waals surface area contributed by atoms with E-state index >= 15 is 0 Å². The van der Waals surface area contributed by atoms with E-state index < -0.39 is 0 Å². The molecule has 0 fully saturated rings. The molecule has 2 rings (SSSR count). The lowest BCUT2D eigenvalue weighted by Gasteiger charge is -2.21. The Morgan fingerprint density at radius 1 is 1.32 bits per heavy atom. The monoisotopic (exact) mass is 261 g/mol. The molecule has 19 heavy (non-hydrogen) atoms. The van der Waals surface area contributed by atoms with Gasteiger partial charge in [0, 0.05) is 24.9 Å². The first-order chi connectivity index (χ1) is 8.94. The Hall–Kier alpha value is -1.82. The molecule has 0 radical (unpaired) electrons. The summed E-state index contributed by atoms with van der Waals surface area (Å²) in [5.41, 5.74) is 6.87. The Labute approximate surface area is 112 Å². The molecule has 2 N–H and O–H groups in total. The topological polar surface area (TPSA) is 90.7 Å². The minimum atomic E-state index is 0.00941. The van der Waals surface area contributed by atoms with Gasteiger partial charge in [0.2, 0.25) is 11.7 Å². The number of nitrogens with zero attached hydrogens (tertiary/aromatic N) is 4. The number of aromatic nitrogens is 4. The molecule has 0 saturated carbocycles. The van der Waals surface area contributed by atoms with E-state index in [1.807, 2.05) is 0 Å². The smallest absolute Gasteiger partial charge is 0.228 e. The predicted octanol–water partition coefficient (Wildman–Crippen LogP) is 1.83. The lowest BCUT2D eigenvalue weighted by Crippen LogP contribution is -2.28. The molecule has 1 atom stereocenters. The molecule has 2 aromatic rings. The Kier molecular flexibility index (Phi) is 3.90. The molecular formula is C13H19N5O. The summed E-state index contributed by atoms with van der Waals surface area (Å²) in [6.45, 7) is 6.48. The summed E-state index contributed by atoms with van der Waals surface area (Å²) >= 11 is 0. The number of nitrogens with two attached hydrogens (primary N) is 1. The lowest BCUT2D eigenvalue weighted by atomic mass is 9.87. The van der Waals surface area contributed by atoms with Crippen LogP contribution >= 0.6 is 0 Å². The van der Waals surface area contributed by atoms with Gasteiger partial charge in [0.25, 0.3) is 0 Å². The van der Waals surface area contributed by atoms with E-state index in [2.05, 4.69) is 40.9 Å². The third kappa shape index (κ3) is 4.10. The van der Waals surface area contributed by atoms with Crippen LogP contribution in [0.4, 0.5) is 0 Å². The van der Waals surface area contributed by atoms with Crippen LogP contribution in [0.2, 0.25) is 0 Å². The number of hydrogen-bond acceptors (Lipinski definition) is 6. The first kappa shape index (κ1) is 13.6. The van der Waals surface area contributed by atoms with E-state index in [4.69, 9.17) is 10.3 Å². The molecule has 0 aliphatic carbocycles. The van der Waals surface area contributed by atoms with Gasteiger partial charge in [0.05, 0.1) is 6.20 Å². The van der Waals surface area contributed by atoms with Crippen LogP contribution < -0.4 is 5.73 Å². The zero-order valence-corrected chi connectivity index (χ0v) is 11.5. The van der Waals surface area contributed by atoms with E-state index in [1.54, 1.807) is 18.6 Å². The van der Waals surface area contributed by atoms with Crippen LogP contribution in [0.25, 0.3) is 11.5 Å². The molecule has 6 heteroatoms. The van der Waals surface area contributed by atoms with Gasteiger partial charge in [0.1, 0.15) is 5.69 Å². The summed E-state index contributed by atoms with van der Waals surface area (Å²) in [6.07, 6.45) is 6.27. The molecule has 102 valence electrons. The molecule has 2 heterocycles. The van der Waals surface area contributed by atoms with Crippen LogP contribution in [0.3, 0.4) is 0 Å². The van der Waals surface area contributed by atoms with Gasteiger partial charge in [-0.2, -0.15) is 4.98 Å². The summed E-state index contributed by atoms with van der Waals surface area (Å²) in [4.78, 5) is 12.4. The molecule has 6 nitrogen and oxygen atoms in total. The molecule has 0 saturated heterocycles. The third-order valence-electron chi connectivity index (χ3n) is 2.57. The molecular weight excluding hydrogens is 242 g/mol. The van der Waals surface area contributed by atoms with Gasteiger partial charge in [-0.25, -0.2) is 4.98 Å². The maximum absolute atomic E-state index is 6.08. The molecule has 0 spiro atoms. The SMILES string of the molecule is CC(C)(C)CC(N)Cc1nc(-c2cnccn2)no1. The Morgan fingerprint density at radius 3 is 2.74 bits per heavy atom. The van der Waals surface area contributed by atoms with Gasteiger partial charge in [-0.1, -0.05) is 25.9 Å². The van der Waals surface area contributed by atoms with Crippen LogP contribution in [0.1, 0.15) is 33.1 Å². The summed E-state index contributed by atoms with van der Waals surface area (Å²) in [5, 5.41) is 3.89. The zero-order chi connectivity index (χ0) is 13.9. The maximum Gasteiger partial charge on any atom is 0.228 e. The fourth-order valence-electron chi connectivity index (χ4n) is 1.94. The average molecular weight is 261 g/mol. The zero-order valence-electron chi connectivity index (χ0n) is 11.5. The molecule has 0 aliphatic heterocycles. The van der Waals surface area contributed by atoms with E-state index in [-0.39, 0.29) is 11.5 Å². The van der Waals surface area contributed by atoms with Crippen molar-refractivity contribution in [2.45, 2.75) is 39.7 Å². The first-order valence-corrected chi connectivity index (χ1v) is 6.28. The first-order valence-electron chi connectivity index (χ1n) is 6.28. The van der Waals surface area contributed by atoms with Gasteiger partial charge in [-0.05, 0) is 11.8 Å². The number of hydrogen-bond donors (Lipinski definition) is 1. The van der Waals surface area contributed by atoms with Crippen LogP contribution in [0, 0.1) is 5.41 Å². The largest absolute Gasteiger partial charge is 0.339 e. The summed E-state index contributed by atoms with van der Waals surface area (Å²) < 4.78 is 5.20. The molecule has 0 bridgehead atoms. The highest BCUT2D eigenvalue weighted by molar-refractivity contribution is 5.45. The average Bonchev–Trinajstić information content (AvgIpc) is 2.76. The molecule has 0 aromatic carbocycles. The van der Waals surface area contributed by atoms with E-state index in [0.717, 1.165) is 6.42 Å². The van der Waals surface area contributed by atoms with E-state index in [0.29, 0.717) is 23.8 Å². The van der Waals surface area contributed by atoms with Crippen molar-refractivity contribution in [3.05, 3.63) is 24.5 Å². The van der Waals surface area contributed by atoms with E-state index in [1.165, 1.54) is 0 Å². The quantitative estimate of drug-likeness (QED) is 0.902. The van der Waals surface area contributed by atoms with Crippen molar-refractivity contribution < 1.29 is 4.52 Å². The van der Waals surface area contributed by atoms with Crippen LogP contribution in [0.15, 0.2) is 23.1 Å². The van der Waals surface area contributed by atoms with Crippen molar-refractivity contribution in [3.8, 4) is 11.5 Å². The van der Waals surface area contributed by atoms with E-state index in [9.17, 15) is 0 Å². The van der Waals surface area contributed by atoms with Crippen molar-refractivity contribution in [1.82, 2.24) is 20.1 Å². The van der Waals surface area contributed by atoms with Crippen LogP contribution in [-0.4, -0.2) is 26.2 Å². The second-order valence-corrected chi connectivity index (χ2v) is 5.83. The van der Waals surface area contributed by atoms with Gasteiger partial charge in [-0.15, -0.1) is 0 Å². The lowest BCUT2D eigenvalue weighted by molar-refractivity contribution is 0.313. The van der Waals surface area contributed by atoms with Crippen molar-refractivity contribution in [1.29, 1.82) is 0 Å². The molecule has 0 aliphatic rings. The van der Waals surface area contributed by atoms with Gasteiger partial charge < -0.3 is 10.3 Å². The standard InChI is InChI=1S/C13H19N5O/c1-13(2,3)7-9(14)6-11-17-12(18-19-11)10-8-15-4-5-16-10/h4-5,8-9H,6-7,14H2,1-3H3.